The van der Waals surface area contributed by atoms with Crippen molar-refractivity contribution in [3.8, 4) is 11.6 Å². The number of aromatic hydroxyl groups is 1. The molecule has 1 N–H and O–H groups in total. The van der Waals surface area contributed by atoms with E-state index in [0.29, 0.717) is 11.3 Å². The number of hydrogen-bond acceptors (Lipinski definition) is 7. The molecule has 0 amide bonds. The first-order valence-corrected chi connectivity index (χ1v) is 11.1. The number of nitrogens with zero attached hydrogens (tertiary/aromatic N) is 5. The molecular weight excluding hydrogens is 487 g/mol. The fourth-order valence-corrected chi connectivity index (χ4v) is 3.88. The van der Waals surface area contributed by atoms with E-state index >= 15 is 0 Å². The molecule has 8 nitrogen and oxygen atoms in total. The number of aromatic nitrogens is 3. The number of amidine groups is 1. The van der Waals surface area contributed by atoms with Crippen molar-refractivity contribution in [1.82, 2.24) is 14.8 Å². The molecule has 3 heterocycles. The molecule has 11 heteroatoms. The summed E-state index contributed by atoms with van der Waals surface area (Å²) in [5.41, 5.74) is 1.76. The molecule has 0 saturated heterocycles. The van der Waals surface area contributed by atoms with Crippen molar-refractivity contribution in [2.45, 2.75) is 19.7 Å². The molecule has 2 aromatic heterocycles. The van der Waals surface area contributed by atoms with Gasteiger partial charge in [0.1, 0.15) is 18.6 Å². The summed E-state index contributed by atoms with van der Waals surface area (Å²) in [6.45, 7) is 2.04. The lowest BCUT2D eigenvalue weighted by molar-refractivity contribution is -0.140. The van der Waals surface area contributed by atoms with Crippen molar-refractivity contribution < 1.29 is 27.9 Å². The quantitative estimate of drug-likeness (QED) is 0.397. The average molecular weight is 507 g/mol. The van der Waals surface area contributed by atoms with Crippen LogP contribution in [0.1, 0.15) is 27.9 Å². The van der Waals surface area contributed by atoms with Crippen LogP contribution in [-0.4, -0.2) is 31.4 Å². The van der Waals surface area contributed by atoms with Crippen molar-refractivity contribution in [3.63, 3.8) is 0 Å². The number of pyridine rings is 1. The normalized spacial score (nSPS) is 13.6. The van der Waals surface area contributed by atoms with E-state index in [2.05, 4.69) is 20.2 Å². The second-order valence-electron chi connectivity index (χ2n) is 8.33. The minimum absolute atomic E-state index is 0.00832. The molecule has 0 saturated carbocycles. The number of oxime groups is 1. The fourth-order valence-electron chi connectivity index (χ4n) is 3.88. The van der Waals surface area contributed by atoms with Crippen molar-refractivity contribution in [2.75, 3.05) is 0 Å². The van der Waals surface area contributed by atoms with E-state index in [1.807, 2.05) is 31.2 Å². The highest BCUT2D eigenvalue weighted by atomic mass is 19.4. The van der Waals surface area contributed by atoms with Crippen LogP contribution in [0, 0.1) is 6.92 Å². The molecule has 0 aliphatic carbocycles. The largest absolute Gasteiger partial charge is 0.508 e. The Morgan fingerprint density at radius 3 is 2.65 bits per heavy atom. The smallest absolute Gasteiger partial charge is 0.435 e. The Kier molecular flexibility index (Phi) is 6.12. The number of ether oxygens (including phenoxy) is 1. The van der Waals surface area contributed by atoms with Gasteiger partial charge in [-0.1, -0.05) is 47.1 Å². The summed E-state index contributed by atoms with van der Waals surface area (Å²) in [4.78, 5) is 14.1. The van der Waals surface area contributed by atoms with Gasteiger partial charge in [0.25, 0.3) is 0 Å². The lowest BCUT2D eigenvalue weighted by Crippen LogP contribution is -2.10. The first-order chi connectivity index (χ1) is 17.7. The topological polar surface area (TPSA) is 94.1 Å². The summed E-state index contributed by atoms with van der Waals surface area (Å²) in [5.74, 6) is -0.0318. The van der Waals surface area contributed by atoms with E-state index in [0.717, 1.165) is 15.8 Å². The number of hydrogen-bond donors (Lipinski definition) is 1. The molecule has 0 unspecified atom stereocenters. The van der Waals surface area contributed by atoms with E-state index in [-0.39, 0.29) is 40.7 Å². The number of rotatable bonds is 5. The van der Waals surface area contributed by atoms with Crippen LogP contribution in [0.3, 0.4) is 0 Å². The van der Waals surface area contributed by atoms with E-state index in [9.17, 15) is 18.3 Å². The van der Waals surface area contributed by atoms with Crippen LogP contribution in [0.5, 0.6) is 11.6 Å². The van der Waals surface area contributed by atoms with Crippen LogP contribution in [-0.2, 0) is 24.7 Å². The minimum Gasteiger partial charge on any atom is -0.508 e. The van der Waals surface area contributed by atoms with Gasteiger partial charge >= 0.3 is 6.18 Å². The third kappa shape index (κ3) is 5.01. The molecular formula is C26H20F3N5O3. The van der Waals surface area contributed by atoms with Gasteiger partial charge in [-0.2, -0.15) is 23.3 Å². The highest BCUT2D eigenvalue weighted by molar-refractivity contribution is 6.18. The van der Waals surface area contributed by atoms with Gasteiger partial charge in [-0.3, -0.25) is 0 Å². The summed E-state index contributed by atoms with van der Waals surface area (Å²) in [6, 6.07) is 15.2. The average Bonchev–Trinajstić information content (AvgIpc) is 3.02. The van der Waals surface area contributed by atoms with Crippen LogP contribution < -0.4 is 4.74 Å². The van der Waals surface area contributed by atoms with Gasteiger partial charge in [-0.25, -0.2) is 9.67 Å². The number of fused-ring (bicyclic) bond motifs is 1. The molecule has 2 aromatic carbocycles. The molecule has 1 aliphatic heterocycles. The Balaban J connectivity index is 1.65. The van der Waals surface area contributed by atoms with Gasteiger partial charge < -0.3 is 14.7 Å². The Morgan fingerprint density at radius 2 is 1.89 bits per heavy atom. The van der Waals surface area contributed by atoms with Gasteiger partial charge in [0.05, 0.1) is 16.7 Å². The highest BCUT2D eigenvalue weighted by Gasteiger charge is 2.37. The standard InChI is InChI=1S/C26H20F3N5O3/c1-15-5-3-6-16(11-15)14-36-25-20(13-19-22(26(27,28)29)32-34(2)24(19)31-25)23-30-21(9-10-37-33-23)17-7-4-8-18(35)12-17/h3-13,35H,14H2,1-2H3. The number of phenols is 1. The van der Waals surface area contributed by atoms with Gasteiger partial charge in [-0.05, 0) is 30.7 Å². The first-order valence-electron chi connectivity index (χ1n) is 11.1. The lowest BCUT2D eigenvalue weighted by Gasteiger charge is -2.12. The van der Waals surface area contributed by atoms with Gasteiger partial charge in [0.2, 0.25) is 11.7 Å². The Bertz CT molecular complexity index is 1590. The zero-order valence-corrected chi connectivity index (χ0v) is 19.7. The van der Waals surface area contributed by atoms with E-state index < -0.39 is 11.9 Å². The number of alkyl halides is 3. The summed E-state index contributed by atoms with van der Waals surface area (Å²) in [7, 11) is 1.38. The maximum absolute atomic E-state index is 13.7. The highest BCUT2D eigenvalue weighted by Crippen LogP contribution is 2.36. The van der Waals surface area contributed by atoms with Gasteiger partial charge in [-0.15, -0.1) is 0 Å². The fraction of sp³-hybridized carbons (Fsp3) is 0.154. The molecule has 5 rings (SSSR count). The molecule has 188 valence electrons. The summed E-state index contributed by atoms with van der Waals surface area (Å²) in [6.07, 6.45) is -1.90. The zero-order valence-electron chi connectivity index (χ0n) is 19.7. The molecule has 0 radical (unpaired) electrons. The minimum atomic E-state index is -4.71. The molecule has 0 fully saturated rings. The van der Waals surface area contributed by atoms with Crippen LogP contribution >= 0.6 is 0 Å². The van der Waals surface area contributed by atoms with Crippen molar-refractivity contribution in [1.29, 1.82) is 0 Å². The van der Waals surface area contributed by atoms with E-state index in [1.54, 1.807) is 12.1 Å². The van der Waals surface area contributed by atoms with Crippen LogP contribution in [0.15, 0.2) is 77.1 Å². The van der Waals surface area contributed by atoms with Crippen LogP contribution in [0.25, 0.3) is 11.0 Å². The van der Waals surface area contributed by atoms with E-state index in [1.165, 1.54) is 37.6 Å². The third-order valence-corrected chi connectivity index (χ3v) is 5.54. The van der Waals surface area contributed by atoms with Gasteiger partial charge in [0, 0.05) is 18.7 Å². The second kappa shape index (κ2) is 9.41. The van der Waals surface area contributed by atoms with Crippen LogP contribution in [0.4, 0.5) is 13.2 Å². The molecule has 1 aliphatic rings. The van der Waals surface area contributed by atoms with Crippen LogP contribution in [0.2, 0.25) is 0 Å². The predicted octanol–water partition coefficient (Wildman–Crippen LogP) is 5.27. The Hall–Kier alpha value is -4.67. The maximum Gasteiger partial charge on any atom is 0.435 e. The molecule has 37 heavy (non-hydrogen) atoms. The number of phenolic OH excluding ortho intramolecular Hbond substituents is 1. The number of allylic oxidation sites excluding steroid dienone is 1. The monoisotopic (exact) mass is 507 g/mol. The Morgan fingerprint density at radius 1 is 1.08 bits per heavy atom. The van der Waals surface area contributed by atoms with Crippen molar-refractivity contribution >= 4 is 22.6 Å². The number of aryl methyl sites for hydroxylation is 2. The number of halogens is 3. The number of benzene rings is 2. The third-order valence-electron chi connectivity index (χ3n) is 5.54. The molecule has 0 bridgehead atoms. The molecule has 0 atom stereocenters. The van der Waals surface area contributed by atoms with E-state index in [4.69, 9.17) is 9.57 Å². The summed E-state index contributed by atoms with van der Waals surface area (Å²) in [5, 5.41) is 17.3. The van der Waals surface area contributed by atoms with Crippen molar-refractivity contribution in [2.24, 2.45) is 17.2 Å². The lowest BCUT2D eigenvalue weighted by atomic mass is 10.1. The zero-order chi connectivity index (χ0) is 26.2. The summed E-state index contributed by atoms with van der Waals surface area (Å²) < 4.78 is 48.3. The van der Waals surface area contributed by atoms with Gasteiger partial charge in [0.15, 0.2) is 11.3 Å². The molecule has 4 aromatic rings. The predicted molar refractivity (Wildman–Crippen MR) is 130 cm³/mol. The summed E-state index contributed by atoms with van der Waals surface area (Å²) >= 11 is 0. The number of aliphatic imine (C=N–C) groups is 1. The Labute approximate surface area is 209 Å². The SMILES string of the molecule is Cc1cccc(COc2nc3c(cc2C2=NOC=CC(c4cccc(O)c4)=N2)c(C(F)(F)F)nn3C)c1. The second-order valence-corrected chi connectivity index (χ2v) is 8.33. The maximum atomic E-state index is 13.7. The first kappa shape index (κ1) is 24.0. The van der Waals surface area contributed by atoms with Crippen molar-refractivity contribution in [3.05, 3.63) is 94.9 Å². The molecule has 0 spiro atoms.